The number of nitrogens with one attached hydrogen (secondary N) is 3. The van der Waals surface area contributed by atoms with Gasteiger partial charge in [0.2, 0.25) is 0 Å². The fourth-order valence-electron chi connectivity index (χ4n) is 1.87. The van der Waals surface area contributed by atoms with Crippen molar-refractivity contribution in [2.45, 2.75) is 6.54 Å². The summed E-state index contributed by atoms with van der Waals surface area (Å²) in [7, 11) is 1.59. The summed E-state index contributed by atoms with van der Waals surface area (Å²) >= 11 is 0. The Kier molecular flexibility index (Phi) is 6.05. The minimum absolute atomic E-state index is 0.243. The van der Waals surface area contributed by atoms with Gasteiger partial charge in [0.05, 0.1) is 13.4 Å². The van der Waals surface area contributed by atoms with Gasteiger partial charge in [-0.2, -0.15) is 0 Å². The van der Waals surface area contributed by atoms with Crippen LogP contribution >= 0.6 is 0 Å². The maximum absolute atomic E-state index is 11.7. The Morgan fingerprint density at radius 3 is 2.65 bits per heavy atom. The van der Waals surface area contributed by atoms with E-state index in [2.05, 4.69) is 16.0 Å². The lowest BCUT2D eigenvalue weighted by atomic mass is 10.2. The normalized spacial score (nSPS) is 9.96. The Morgan fingerprint density at radius 1 is 1.09 bits per heavy atom. The number of ether oxygens (including phenoxy) is 1. The summed E-state index contributed by atoms with van der Waals surface area (Å²) in [6.07, 6.45) is 1.43. The third kappa shape index (κ3) is 5.39. The maximum Gasteiger partial charge on any atom is 0.315 e. The third-order valence-corrected chi connectivity index (χ3v) is 3.03. The van der Waals surface area contributed by atoms with Crippen molar-refractivity contribution in [3.05, 3.63) is 54.0 Å². The summed E-state index contributed by atoms with van der Waals surface area (Å²) in [5, 5.41) is 8.02. The lowest BCUT2D eigenvalue weighted by molar-refractivity contribution is 0.0926. The summed E-state index contributed by atoms with van der Waals surface area (Å²) in [6.45, 7) is 1.02. The molecule has 0 spiro atoms. The molecule has 7 nitrogen and oxygen atoms in total. The molecule has 0 saturated heterocycles. The number of hydrogen-bond donors (Lipinski definition) is 3. The van der Waals surface area contributed by atoms with E-state index in [1.165, 1.54) is 6.26 Å². The second-order valence-corrected chi connectivity index (χ2v) is 4.69. The Labute approximate surface area is 134 Å². The molecule has 23 heavy (non-hydrogen) atoms. The lowest BCUT2D eigenvalue weighted by Gasteiger charge is -2.09. The first-order chi connectivity index (χ1) is 11.2. The Hall–Kier alpha value is -2.96. The van der Waals surface area contributed by atoms with Crippen molar-refractivity contribution < 1.29 is 18.7 Å². The van der Waals surface area contributed by atoms with Crippen LogP contribution in [0.4, 0.5) is 4.79 Å². The molecule has 0 aliphatic heterocycles. The van der Waals surface area contributed by atoms with E-state index in [0.29, 0.717) is 19.6 Å². The number of carbonyl (C=O) groups is 2. The quantitative estimate of drug-likeness (QED) is 0.675. The van der Waals surface area contributed by atoms with Crippen molar-refractivity contribution in [3.63, 3.8) is 0 Å². The van der Waals surface area contributed by atoms with Crippen LogP contribution in [0, 0.1) is 0 Å². The van der Waals surface area contributed by atoms with Gasteiger partial charge in [0.15, 0.2) is 5.76 Å². The van der Waals surface area contributed by atoms with Crippen LogP contribution in [0.25, 0.3) is 0 Å². The molecule has 122 valence electrons. The highest BCUT2D eigenvalue weighted by Gasteiger charge is 2.07. The molecular weight excluding hydrogens is 298 g/mol. The molecule has 0 bridgehead atoms. The molecule has 0 saturated carbocycles. The highest BCUT2D eigenvalue weighted by atomic mass is 16.5. The molecule has 7 heteroatoms. The van der Waals surface area contributed by atoms with Crippen LogP contribution in [0.15, 0.2) is 47.1 Å². The second-order valence-electron chi connectivity index (χ2n) is 4.69. The van der Waals surface area contributed by atoms with E-state index in [1.807, 2.05) is 24.3 Å². The predicted molar refractivity (Wildman–Crippen MR) is 84.3 cm³/mol. The third-order valence-electron chi connectivity index (χ3n) is 3.03. The number of furan rings is 1. The van der Waals surface area contributed by atoms with Crippen molar-refractivity contribution in [2.24, 2.45) is 0 Å². The van der Waals surface area contributed by atoms with E-state index in [0.717, 1.165) is 11.3 Å². The van der Waals surface area contributed by atoms with Crippen molar-refractivity contribution in [2.75, 3.05) is 20.2 Å². The van der Waals surface area contributed by atoms with Crippen LogP contribution in [0.2, 0.25) is 0 Å². The van der Waals surface area contributed by atoms with Gasteiger partial charge in [-0.3, -0.25) is 4.79 Å². The molecule has 0 radical (unpaired) electrons. The van der Waals surface area contributed by atoms with Crippen LogP contribution in [-0.4, -0.2) is 32.1 Å². The molecule has 3 amide bonds. The highest BCUT2D eigenvalue weighted by molar-refractivity contribution is 5.91. The first-order valence-corrected chi connectivity index (χ1v) is 7.15. The first-order valence-electron chi connectivity index (χ1n) is 7.15. The molecule has 0 aliphatic rings. The summed E-state index contributed by atoms with van der Waals surface area (Å²) in [5.41, 5.74) is 0.936. The highest BCUT2D eigenvalue weighted by Crippen LogP contribution is 2.11. The number of methoxy groups -OCH3 is 1. The largest absolute Gasteiger partial charge is 0.497 e. The average molecular weight is 317 g/mol. The van der Waals surface area contributed by atoms with Crippen molar-refractivity contribution >= 4 is 11.9 Å². The van der Waals surface area contributed by atoms with Crippen molar-refractivity contribution in [3.8, 4) is 5.75 Å². The Morgan fingerprint density at radius 2 is 1.91 bits per heavy atom. The Balaban J connectivity index is 1.62. The average Bonchev–Trinajstić information content (AvgIpc) is 3.11. The van der Waals surface area contributed by atoms with Gasteiger partial charge in [-0.05, 0) is 29.8 Å². The molecule has 0 atom stereocenters. The molecule has 1 heterocycles. The maximum atomic E-state index is 11.7. The van der Waals surface area contributed by atoms with E-state index >= 15 is 0 Å². The van der Waals surface area contributed by atoms with E-state index < -0.39 is 0 Å². The van der Waals surface area contributed by atoms with E-state index in [1.54, 1.807) is 19.2 Å². The van der Waals surface area contributed by atoms with Crippen LogP contribution in [0.5, 0.6) is 5.75 Å². The molecule has 3 N–H and O–H groups in total. The number of rotatable bonds is 7. The van der Waals surface area contributed by atoms with Crippen LogP contribution in [0.3, 0.4) is 0 Å². The lowest BCUT2D eigenvalue weighted by Crippen LogP contribution is -2.39. The molecule has 1 aromatic carbocycles. The SMILES string of the molecule is COc1cccc(CNC(=O)NCCNC(=O)c2ccco2)c1. The van der Waals surface area contributed by atoms with Crippen LogP contribution < -0.4 is 20.7 Å². The molecular formula is C16H19N3O4. The zero-order valence-corrected chi connectivity index (χ0v) is 12.8. The molecule has 0 unspecified atom stereocenters. The minimum atomic E-state index is -0.311. The monoisotopic (exact) mass is 317 g/mol. The zero-order chi connectivity index (χ0) is 16.5. The summed E-state index contributed by atoms with van der Waals surface area (Å²) in [6, 6.07) is 10.3. The zero-order valence-electron chi connectivity index (χ0n) is 12.8. The number of urea groups is 1. The summed E-state index contributed by atoms with van der Waals surface area (Å²) < 4.78 is 10.1. The van der Waals surface area contributed by atoms with E-state index in [9.17, 15) is 9.59 Å². The van der Waals surface area contributed by atoms with Gasteiger partial charge in [-0.25, -0.2) is 4.79 Å². The van der Waals surface area contributed by atoms with Crippen LogP contribution in [0.1, 0.15) is 16.1 Å². The fourth-order valence-corrected chi connectivity index (χ4v) is 1.87. The predicted octanol–water partition coefficient (Wildman–Crippen LogP) is 1.52. The molecule has 2 rings (SSSR count). The summed E-state index contributed by atoms with van der Waals surface area (Å²) in [4.78, 5) is 23.2. The molecule has 2 aromatic rings. The number of hydrogen-bond acceptors (Lipinski definition) is 4. The van der Waals surface area contributed by atoms with Gasteiger partial charge in [0, 0.05) is 19.6 Å². The van der Waals surface area contributed by atoms with Gasteiger partial charge in [0.1, 0.15) is 5.75 Å². The van der Waals surface area contributed by atoms with E-state index in [4.69, 9.17) is 9.15 Å². The minimum Gasteiger partial charge on any atom is -0.497 e. The van der Waals surface area contributed by atoms with Gasteiger partial charge in [-0.1, -0.05) is 12.1 Å². The second kappa shape index (κ2) is 8.47. The van der Waals surface area contributed by atoms with Crippen molar-refractivity contribution in [1.82, 2.24) is 16.0 Å². The summed E-state index contributed by atoms with van der Waals surface area (Å²) in [5.74, 6) is 0.673. The van der Waals surface area contributed by atoms with Gasteiger partial charge >= 0.3 is 6.03 Å². The van der Waals surface area contributed by atoms with Gasteiger partial charge in [-0.15, -0.1) is 0 Å². The van der Waals surface area contributed by atoms with Gasteiger partial charge < -0.3 is 25.1 Å². The Bertz CT molecular complexity index is 641. The molecule has 0 aliphatic carbocycles. The topological polar surface area (TPSA) is 92.6 Å². The number of benzene rings is 1. The fraction of sp³-hybridized carbons (Fsp3) is 0.250. The van der Waals surface area contributed by atoms with Crippen molar-refractivity contribution in [1.29, 1.82) is 0 Å². The molecule has 1 aromatic heterocycles. The molecule has 0 fully saturated rings. The number of amides is 3. The van der Waals surface area contributed by atoms with Crippen LogP contribution in [-0.2, 0) is 6.54 Å². The smallest absolute Gasteiger partial charge is 0.315 e. The number of carbonyl (C=O) groups excluding carboxylic acids is 2. The van der Waals surface area contributed by atoms with Gasteiger partial charge in [0.25, 0.3) is 5.91 Å². The standard InChI is InChI=1S/C16H19N3O4/c1-22-13-5-2-4-12(10-13)11-19-16(21)18-8-7-17-15(20)14-6-3-9-23-14/h2-6,9-10H,7-8,11H2,1H3,(H,17,20)(H2,18,19,21). The van der Waals surface area contributed by atoms with E-state index in [-0.39, 0.29) is 17.7 Å². The first kappa shape index (κ1) is 16.4.